The van der Waals surface area contributed by atoms with E-state index in [1.165, 1.54) is 6.33 Å². The molecule has 1 aromatic heterocycles. The van der Waals surface area contributed by atoms with Gasteiger partial charge >= 0.3 is 0 Å². The fourth-order valence-electron chi connectivity index (χ4n) is 3.43. The smallest absolute Gasteiger partial charge is 0.161 e. The molecule has 2 unspecified atom stereocenters. The van der Waals surface area contributed by atoms with Gasteiger partial charge < -0.3 is 20.5 Å². The van der Waals surface area contributed by atoms with Crippen LogP contribution >= 0.6 is 0 Å². The Bertz CT molecular complexity index is 726. The molecular formula is C18H23N5O2. The predicted molar refractivity (Wildman–Crippen MR) is 95.9 cm³/mol. The first kappa shape index (κ1) is 16.0. The molecule has 2 aliphatic rings. The van der Waals surface area contributed by atoms with E-state index in [1.807, 2.05) is 24.3 Å². The van der Waals surface area contributed by atoms with Crippen LogP contribution in [0.25, 0.3) is 0 Å². The Balaban J connectivity index is 1.34. The lowest BCUT2D eigenvalue weighted by atomic mass is 10.1. The molecule has 0 bridgehead atoms. The Morgan fingerprint density at radius 2 is 2.16 bits per heavy atom. The van der Waals surface area contributed by atoms with Crippen molar-refractivity contribution in [1.29, 1.82) is 0 Å². The maximum Gasteiger partial charge on any atom is 0.161 e. The third-order valence-electron chi connectivity index (χ3n) is 4.62. The summed E-state index contributed by atoms with van der Waals surface area (Å²) in [4.78, 5) is 10.6. The number of ether oxygens (including phenoxy) is 2. The number of likely N-dealkylation sites (tertiary alicyclic amines) is 1. The van der Waals surface area contributed by atoms with Crippen LogP contribution in [-0.2, 0) is 0 Å². The van der Waals surface area contributed by atoms with E-state index < -0.39 is 0 Å². The molecule has 4 rings (SSSR count). The van der Waals surface area contributed by atoms with Crippen LogP contribution in [0.3, 0.4) is 0 Å². The van der Waals surface area contributed by atoms with Gasteiger partial charge in [0.05, 0.1) is 11.9 Å². The number of nitrogens with one attached hydrogen (secondary N) is 1. The van der Waals surface area contributed by atoms with Crippen LogP contribution in [0.5, 0.6) is 11.5 Å². The van der Waals surface area contributed by atoms with Gasteiger partial charge in [-0.25, -0.2) is 9.97 Å². The molecule has 0 amide bonds. The third kappa shape index (κ3) is 3.76. The molecule has 1 aromatic carbocycles. The second kappa shape index (κ2) is 7.14. The zero-order valence-electron chi connectivity index (χ0n) is 14.1. The Hall–Kier alpha value is -2.54. The zero-order chi connectivity index (χ0) is 17.1. The molecule has 0 aliphatic carbocycles. The highest BCUT2D eigenvalue weighted by Gasteiger charge is 2.26. The number of nitrogens with two attached hydrogens (primary N) is 1. The molecule has 25 heavy (non-hydrogen) atoms. The average molecular weight is 341 g/mol. The minimum Gasteiger partial charge on any atom is -0.486 e. The fraction of sp³-hybridized carbons (Fsp3) is 0.444. The van der Waals surface area contributed by atoms with Crippen molar-refractivity contribution in [3.8, 4) is 11.5 Å². The Kier molecular flexibility index (Phi) is 4.56. The molecule has 3 heterocycles. The van der Waals surface area contributed by atoms with E-state index in [4.69, 9.17) is 15.2 Å². The lowest BCUT2D eigenvalue weighted by Gasteiger charge is -2.36. The summed E-state index contributed by atoms with van der Waals surface area (Å²) in [5.41, 5.74) is 6.51. The normalized spacial score (nSPS) is 23.2. The topological polar surface area (TPSA) is 85.5 Å². The van der Waals surface area contributed by atoms with Crippen molar-refractivity contribution in [1.82, 2.24) is 14.9 Å². The third-order valence-corrected chi connectivity index (χ3v) is 4.62. The molecule has 0 spiro atoms. The summed E-state index contributed by atoms with van der Waals surface area (Å²) in [5.74, 6) is 2.38. The van der Waals surface area contributed by atoms with E-state index in [1.54, 1.807) is 6.20 Å². The lowest BCUT2D eigenvalue weighted by Crippen LogP contribution is -2.48. The van der Waals surface area contributed by atoms with Crippen molar-refractivity contribution < 1.29 is 9.47 Å². The number of rotatable bonds is 4. The molecule has 0 saturated carbocycles. The van der Waals surface area contributed by atoms with E-state index in [2.05, 4.69) is 20.2 Å². The van der Waals surface area contributed by atoms with Gasteiger partial charge in [0, 0.05) is 19.1 Å². The van der Waals surface area contributed by atoms with E-state index in [9.17, 15) is 0 Å². The quantitative estimate of drug-likeness (QED) is 0.876. The first-order valence-electron chi connectivity index (χ1n) is 8.71. The second-order valence-corrected chi connectivity index (χ2v) is 6.57. The summed E-state index contributed by atoms with van der Waals surface area (Å²) in [6.45, 7) is 3.44. The molecular weight excluding hydrogens is 318 g/mol. The minimum atomic E-state index is 0.0535. The summed E-state index contributed by atoms with van der Waals surface area (Å²) in [7, 11) is 0. The molecule has 1 fully saturated rings. The first-order chi connectivity index (χ1) is 12.3. The van der Waals surface area contributed by atoms with Crippen LogP contribution < -0.4 is 20.5 Å². The van der Waals surface area contributed by atoms with E-state index >= 15 is 0 Å². The number of nitrogen functional groups attached to an aromatic ring is 1. The number of hydrogen-bond acceptors (Lipinski definition) is 7. The van der Waals surface area contributed by atoms with Crippen LogP contribution in [0.4, 0.5) is 11.5 Å². The lowest BCUT2D eigenvalue weighted by molar-refractivity contribution is 0.0518. The van der Waals surface area contributed by atoms with Crippen molar-refractivity contribution >= 4 is 11.5 Å². The second-order valence-electron chi connectivity index (χ2n) is 6.57. The zero-order valence-corrected chi connectivity index (χ0v) is 14.1. The van der Waals surface area contributed by atoms with E-state index in [0.29, 0.717) is 24.2 Å². The monoisotopic (exact) mass is 341 g/mol. The maximum atomic E-state index is 6.08. The number of anilines is 2. The number of aromatic nitrogens is 2. The van der Waals surface area contributed by atoms with Crippen LogP contribution in [0, 0.1) is 0 Å². The van der Waals surface area contributed by atoms with Gasteiger partial charge in [-0.3, -0.25) is 4.90 Å². The van der Waals surface area contributed by atoms with Gasteiger partial charge in [0.15, 0.2) is 17.3 Å². The highest BCUT2D eigenvalue weighted by Crippen LogP contribution is 2.31. The molecule has 0 radical (unpaired) electrons. The van der Waals surface area contributed by atoms with Crippen molar-refractivity contribution in [3.63, 3.8) is 0 Å². The number of nitrogens with zero attached hydrogens (tertiary/aromatic N) is 3. The average Bonchev–Trinajstić information content (AvgIpc) is 2.64. The van der Waals surface area contributed by atoms with Crippen molar-refractivity contribution in [2.45, 2.75) is 25.0 Å². The van der Waals surface area contributed by atoms with Crippen molar-refractivity contribution in [2.24, 2.45) is 0 Å². The number of hydrogen-bond donors (Lipinski definition) is 2. The molecule has 7 nitrogen and oxygen atoms in total. The van der Waals surface area contributed by atoms with Gasteiger partial charge in [0.2, 0.25) is 0 Å². The standard InChI is InChI=1S/C18H23N5O2/c19-15-8-20-12-21-18(15)22-13-4-3-7-23(9-13)10-14-11-24-16-5-1-2-6-17(16)25-14/h1-2,5-6,8,12-14H,3-4,7,9-11,19H2,(H,20,21,22). The fourth-order valence-corrected chi connectivity index (χ4v) is 3.43. The van der Waals surface area contributed by atoms with E-state index in [0.717, 1.165) is 44.0 Å². The molecule has 2 aliphatic heterocycles. The molecule has 3 N–H and O–H groups in total. The van der Waals surface area contributed by atoms with Gasteiger partial charge in [-0.2, -0.15) is 0 Å². The Labute approximate surface area is 147 Å². The van der Waals surface area contributed by atoms with Crippen LogP contribution in [0.2, 0.25) is 0 Å². The highest BCUT2D eigenvalue weighted by molar-refractivity contribution is 5.59. The molecule has 1 saturated heterocycles. The summed E-state index contributed by atoms with van der Waals surface area (Å²) < 4.78 is 11.9. The maximum absolute atomic E-state index is 6.08. The number of benzene rings is 1. The van der Waals surface area contributed by atoms with Crippen molar-refractivity contribution in [2.75, 3.05) is 37.3 Å². The van der Waals surface area contributed by atoms with Crippen molar-refractivity contribution in [3.05, 3.63) is 36.8 Å². The minimum absolute atomic E-state index is 0.0535. The Morgan fingerprint density at radius 1 is 1.28 bits per heavy atom. The van der Waals surface area contributed by atoms with E-state index in [-0.39, 0.29) is 6.10 Å². The van der Waals surface area contributed by atoms with Gasteiger partial charge in [-0.1, -0.05) is 12.1 Å². The van der Waals surface area contributed by atoms with Gasteiger partial charge in [-0.05, 0) is 31.5 Å². The SMILES string of the molecule is Nc1cncnc1NC1CCCN(CC2COc3ccccc3O2)C1. The largest absolute Gasteiger partial charge is 0.486 e. The summed E-state index contributed by atoms with van der Waals surface area (Å²) in [5, 5.41) is 3.44. The van der Waals surface area contributed by atoms with Crippen LogP contribution in [0.15, 0.2) is 36.8 Å². The van der Waals surface area contributed by atoms with Gasteiger partial charge in [0.1, 0.15) is 19.0 Å². The first-order valence-corrected chi connectivity index (χ1v) is 8.71. The summed E-state index contributed by atoms with van der Waals surface area (Å²) in [6, 6.07) is 8.15. The van der Waals surface area contributed by atoms with Crippen LogP contribution in [0.1, 0.15) is 12.8 Å². The molecule has 2 atom stereocenters. The highest BCUT2D eigenvalue weighted by atomic mass is 16.6. The van der Waals surface area contributed by atoms with Gasteiger partial charge in [-0.15, -0.1) is 0 Å². The van der Waals surface area contributed by atoms with Gasteiger partial charge in [0.25, 0.3) is 0 Å². The summed E-state index contributed by atoms with van der Waals surface area (Å²) in [6.07, 6.45) is 5.43. The molecule has 7 heteroatoms. The Morgan fingerprint density at radius 3 is 3.04 bits per heavy atom. The predicted octanol–water partition coefficient (Wildman–Crippen LogP) is 1.78. The summed E-state index contributed by atoms with van der Waals surface area (Å²) >= 11 is 0. The van der Waals surface area contributed by atoms with Crippen LogP contribution in [-0.4, -0.2) is 53.3 Å². The molecule has 132 valence electrons. The number of para-hydroxylation sites is 2. The molecule has 2 aromatic rings. The number of piperidine rings is 1. The number of fused-ring (bicyclic) bond motifs is 1.